The molecule has 2 aromatic rings. The van der Waals surface area contributed by atoms with Crippen molar-refractivity contribution < 1.29 is 5.11 Å². The fourth-order valence-electron chi connectivity index (χ4n) is 1.81. The van der Waals surface area contributed by atoms with Gasteiger partial charge in [-0.25, -0.2) is 0 Å². The van der Waals surface area contributed by atoms with Crippen LogP contribution in [0.2, 0.25) is 0 Å². The number of nitrogens with one attached hydrogen (secondary N) is 1. The summed E-state index contributed by atoms with van der Waals surface area (Å²) in [5.41, 5.74) is 2.51. The number of benzene rings is 1. The predicted octanol–water partition coefficient (Wildman–Crippen LogP) is 1.98. The van der Waals surface area contributed by atoms with Crippen LogP contribution in [-0.2, 0) is 19.6 Å². The van der Waals surface area contributed by atoms with Gasteiger partial charge in [0.05, 0.1) is 0 Å². The number of hydrogen-bond acceptors (Lipinski definition) is 3. The largest absolute Gasteiger partial charge is 0.388 e. The maximum atomic E-state index is 9.12. The molecular weight excluding hydrogens is 234 g/mol. The van der Waals surface area contributed by atoms with E-state index in [-0.39, 0.29) is 6.61 Å². The predicted molar refractivity (Wildman–Crippen MR) is 68.2 cm³/mol. The molecule has 0 spiro atoms. The van der Waals surface area contributed by atoms with Gasteiger partial charge in [0, 0.05) is 6.54 Å². The summed E-state index contributed by atoms with van der Waals surface area (Å²) in [5.74, 6) is 0.586. The molecule has 0 aliphatic heterocycles. The van der Waals surface area contributed by atoms with Crippen LogP contribution < -0.4 is 0 Å². The van der Waals surface area contributed by atoms with Gasteiger partial charge in [0.2, 0.25) is 0 Å². The molecule has 0 saturated heterocycles. The van der Waals surface area contributed by atoms with Crippen LogP contribution in [0.25, 0.3) is 0 Å². The van der Waals surface area contributed by atoms with Crippen LogP contribution in [0.3, 0.4) is 0 Å². The highest BCUT2D eigenvalue weighted by molar-refractivity contribution is 7.71. The molecule has 0 fully saturated rings. The van der Waals surface area contributed by atoms with Gasteiger partial charge >= 0.3 is 0 Å². The number of nitrogens with zero attached hydrogens (tertiary/aromatic N) is 2. The Hall–Kier alpha value is -1.46. The first-order valence-corrected chi connectivity index (χ1v) is 5.92. The minimum Gasteiger partial charge on any atom is -0.388 e. The molecule has 5 heteroatoms. The number of H-pyrrole nitrogens is 1. The average molecular weight is 249 g/mol. The molecule has 2 rings (SSSR count). The van der Waals surface area contributed by atoms with Gasteiger partial charge in [-0.1, -0.05) is 29.8 Å². The first-order chi connectivity index (χ1) is 8.20. The lowest BCUT2D eigenvalue weighted by molar-refractivity contribution is 0.264. The zero-order valence-electron chi connectivity index (χ0n) is 9.68. The molecule has 0 unspecified atom stereocenters. The van der Waals surface area contributed by atoms with Crippen molar-refractivity contribution in [3.05, 3.63) is 46.0 Å². The standard InChI is InChI=1S/C12H15N3OS/c1-9-3-2-4-10(7-9)5-6-15-11(8-16)13-14-12(15)17/h2-4,7,16H,5-6,8H2,1H3,(H,14,17). The number of aromatic amines is 1. The van der Waals surface area contributed by atoms with Crippen molar-refractivity contribution in [2.45, 2.75) is 26.5 Å². The van der Waals surface area contributed by atoms with Crippen LogP contribution in [0.4, 0.5) is 0 Å². The fourth-order valence-corrected chi connectivity index (χ4v) is 2.05. The van der Waals surface area contributed by atoms with E-state index < -0.39 is 0 Å². The van der Waals surface area contributed by atoms with Crippen LogP contribution in [0, 0.1) is 11.7 Å². The summed E-state index contributed by atoms with van der Waals surface area (Å²) in [7, 11) is 0. The summed E-state index contributed by atoms with van der Waals surface area (Å²) in [4.78, 5) is 0. The molecule has 0 saturated carbocycles. The summed E-state index contributed by atoms with van der Waals surface area (Å²) in [6.45, 7) is 2.71. The van der Waals surface area contributed by atoms with Crippen LogP contribution >= 0.6 is 12.2 Å². The van der Waals surface area contributed by atoms with Gasteiger partial charge in [-0.15, -0.1) is 0 Å². The van der Waals surface area contributed by atoms with Gasteiger partial charge < -0.3 is 9.67 Å². The molecule has 0 amide bonds. The highest BCUT2D eigenvalue weighted by Gasteiger charge is 2.04. The maximum Gasteiger partial charge on any atom is 0.195 e. The zero-order chi connectivity index (χ0) is 12.3. The Morgan fingerprint density at radius 3 is 3.00 bits per heavy atom. The molecule has 90 valence electrons. The number of aliphatic hydroxyl groups excluding tert-OH is 1. The van der Waals surface area contributed by atoms with Crippen LogP contribution in [0.5, 0.6) is 0 Å². The third-order valence-corrected chi connectivity index (χ3v) is 3.00. The smallest absolute Gasteiger partial charge is 0.195 e. The second-order valence-electron chi connectivity index (χ2n) is 3.99. The van der Waals surface area contributed by atoms with E-state index in [2.05, 4.69) is 35.3 Å². The Morgan fingerprint density at radius 1 is 1.47 bits per heavy atom. The molecule has 0 atom stereocenters. The van der Waals surface area contributed by atoms with E-state index >= 15 is 0 Å². The van der Waals surface area contributed by atoms with E-state index in [4.69, 9.17) is 17.3 Å². The maximum absolute atomic E-state index is 9.12. The van der Waals surface area contributed by atoms with Gasteiger partial charge in [0.15, 0.2) is 10.6 Å². The average Bonchev–Trinajstić information content (AvgIpc) is 2.67. The molecule has 2 N–H and O–H groups in total. The zero-order valence-corrected chi connectivity index (χ0v) is 10.5. The Balaban J connectivity index is 2.12. The normalized spacial score (nSPS) is 10.7. The van der Waals surface area contributed by atoms with Crippen molar-refractivity contribution in [2.75, 3.05) is 0 Å². The summed E-state index contributed by atoms with van der Waals surface area (Å²) < 4.78 is 2.39. The van der Waals surface area contributed by atoms with Crippen molar-refractivity contribution in [3.8, 4) is 0 Å². The lowest BCUT2D eigenvalue weighted by atomic mass is 10.1. The second kappa shape index (κ2) is 5.25. The van der Waals surface area contributed by atoms with E-state index in [1.165, 1.54) is 11.1 Å². The highest BCUT2D eigenvalue weighted by atomic mass is 32.1. The Bertz CT molecular complexity index is 559. The summed E-state index contributed by atoms with van der Waals surface area (Å²) in [5, 5.41) is 15.8. The molecule has 0 radical (unpaired) electrons. The van der Waals surface area contributed by atoms with E-state index in [0.29, 0.717) is 10.6 Å². The molecule has 4 nitrogen and oxygen atoms in total. The van der Waals surface area contributed by atoms with Gasteiger partial charge in [-0.3, -0.25) is 5.10 Å². The Labute approximate surface area is 105 Å². The molecule has 1 heterocycles. The topological polar surface area (TPSA) is 53.8 Å². The molecule has 17 heavy (non-hydrogen) atoms. The minimum absolute atomic E-state index is 0.0963. The number of aromatic nitrogens is 3. The lowest BCUT2D eigenvalue weighted by Gasteiger charge is -2.05. The lowest BCUT2D eigenvalue weighted by Crippen LogP contribution is -2.06. The van der Waals surface area contributed by atoms with Gasteiger partial charge in [-0.05, 0) is 31.1 Å². The first-order valence-electron chi connectivity index (χ1n) is 5.51. The van der Waals surface area contributed by atoms with Gasteiger partial charge in [-0.2, -0.15) is 5.10 Å². The monoisotopic (exact) mass is 249 g/mol. The molecule has 0 aliphatic carbocycles. The Morgan fingerprint density at radius 2 is 2.29 bits per heavy atom. The fraction of sp³-hybridized carbons (Fsp3) is 0.333. The van der Waals surface area contributed by atoms with E-state index in [0.717, 1.165) is 13.0 Å². The molecule has 1 aromatic heterocycles. The molecular formula is C12H15N3OS. The van der Waals surface area contributed by atoms with E-state index in [1.54, 1.807) is 0 Å². The van der Waals surface area contributed by atoms with Crippen molar-refractivity contribution in [1.82, 2.24) is 14.8 Å². The number of aryl methyl sites for hydroxylation is 2. The molecule has 1 aromatic carbocycles. The van der Waals surface area contributed by atoms with Crippen LogP contribution in [0.1, 0.15) is 17.0 Å². The second-order valence-corrected chi connectivity index (χ2v) is 4.38. The quantitative estimate of drug-likeness (QED) is 0.815. The highest BCUT2D eigenvalue weighted by Crippen LogP contribution is 2.07. The summed E-state index contributed by atoms with van der Waals surface area (Å²) in [6.07, 6.45) is 0.878. The van der Waals surface area contributed by atoms with E-state index in [9.17, 15) is 0 Å². The van der Waals surface area contributed by atoms with Crippen LogP contribution in [-0.4, -0.2) is 19.9 Å². The van der Waals surface area contributed by atoms with E-state index in [1.807, 2.05) is 10.6 Å². The Kier molecular flexibility index (Phi) is 3.71. The van der Waals surface area contributed by atoms with Crippen molar-refractivity contribution >= 4 is 12.2 Å². The van der Waals surface area contributed by atoms with Gasteiger partial charge in [0.25, 0.3) is 0 Å². The number of hydrogen-bond donors (Lipinski definition) is 2. The number of rotatable bonds is 4. The van der Waals surface area contributed by atoms with Crippen molar-refractivity contribution in [2.24, 2.45) is 0 Å². The van der Waals surface area contributed by atoms with Gasteiger partial charge in [0.1, 0.15) is 6.61 Å². The third kappa shape index (κ3) is 2.81. The summed E-state index contributed by atoms with van der Waals surface area (Å²) >= 11 is 5.11. The van der Waals surface area contributed by atoms with Crippen molar-refractivity contribution in [3.63, 3.8) is 0 Å². The molecule has 0 bridgehead atoms. The SMILES string of the molecule is Cc1cccc(CCn2c(CO)n[nH]c2=S)c1. The minimum atomic E-state index is -0.0963. The van der Waals surface area contributed by atoms with Crippen LogP contribution in [0.15, 0.2) is 24.3 Å². The summed E-state index contributed by atoms with van der Waals surface area (Å²) in [6, 6.07) is 8.37. The first kappa shape index (κ1) is 12.0. The van der Waals surface area contributed by atoms with Crippen molar-refractivity contribution in [1.29, 1.82) is 0 Å². The third-order valence-electron chi connectivity index (χ3n) is 2.69. The molecule has 0 aliphatic rings. The number of aliphatic hydroxyl groups is 1.